The number of piperidine rings is 1. The van der Waals surface area contributed by atoms with Crippen molar-refractivity contribution in [2.24, 2.45) is 11.8 Å². The number of hydrogen-bond acceptors (Lipinski definition) is 3. The van der Waals surface area contributed by atoms with Gasteiger partial charge in [0.05, 0.1) is 5.56 Å². The Morgan fingerprint density at radius 3 is 2.48 bits per heavy atom. The summed E-state index contributed by atoms with van der Waals surface area (Å²) < 4.78 is 44.4. The van der Waals surface area contributed by atoms with Crippen molar-refractivity contribution in [2.45, 2.75) is 58.2 Å². The summed E-state index contributed by atoms with van der Waals surface area (Å²) in [5.74, 6) is 0.916. The second-order valence-corrected chi connectivity index (χ2v) is 8.99. The van der Waals surface area contributed by atoms with Crippen molar-refractivity contribution in [3.05, 3.63) is 35.4 Å². The van der Waals surface area contributed by atoms with E-state index in [2.05, 4.69) is 18.7 Å². The second-order valence-electron chi connectivity index (χ2n) is 8.99. The van der Waals surface area contributed by atoms with Crippen LogP contribution in [-0.4, -0.2) is 61.1 Å². The number of hydrogen-bond donors (Lipinski definition) is 0. The average molecular weight is 441 g/mol. The van der Waals surface area contributed by atoms with Gasteiger partial charge in [-0.15, -0.1) is 0 Å². The fourth-order valence-electron chi connectivity index (χ4n) is 4.84. The van der Waals surface area contributed by atoms with Crippen molar-refractivity contribution >= 4 is 5.91 Å². The lowest BCUT2D eigenvalue weighted by molar-refractivity contribution is -0.140. The average Bonchev–Trinajstić information content (AvgIpc) is 2.77. The van der Waals surface area contributed by atoms with Crippen LogP contribution in [0, 0.1) is 11.8 Å². The number of carbonyl (C=O) groups excluding carboxylic acids is 1. The topological polar surface area (TPSA) is 32.8 Å². The zero-order valence-corrected chi connectivity index (χ0v) is 18.7. The minimum atomic E-state index is -4.31. The number of benzene rings is 1. The predicted octanol–water partition coefficient (Wildman–Crippen LogP) is 4.62. The molecule has 2 aliphatic heterocycles. The number of alkyl halides is 3. The highest BCUT2D eigenvalue weighted by molar-refractivity contribution is 5.79. The van der Waals surface area contributed by atoms with Crippen LogP contribution in [0.25, 0.3) is 0 Å². The standard InChI is InChI=1S/C24H35F3N2O2/c1-3-28(18(2)15-20-5-4-6-22(16-20)24(25,26)27)17-19-7-11-29(12-8-19)23(30)21-9-13-31-14-10-21/h4-6,16,18-19,21H,3,7-15,17H2,1-2H3. The third-order valence-electron chi connectivity index (χ3n) is 6.80. The largest absolute Gasteiger partial charge is 0.416 e. The quantitative estimate of drug-likeness (QED) is 0.620. The summed E-state index contributed by atoms with van der Waals surface area (Å²) in [6.45, 7) is 8.96. The number of ether oxygens (including phenoxy) is 1. The fourth-order valence-corrected chi connectivity index (χ4v) is 4.84. The molecule has 7 heteroatoms. The van der Waals surface area contributed by atoms with Crippen LogP contribution in [0.4, 0.5) is 13.2 Å². The van der Waals surface area contributed by atoms with Gasteiger partial charge in [-0.2, -0.15) is 13.2 Å². The van der Waals surface area contributed by atoms with Crippen molar-refractivity contribution < 1.29 is 22.7 Å². The first-order chi connectivity index (χ1) is 14.8. The molecule has 31 heavy (non-hydrogen) atoms. The minimum Gasteiger partial charge on any atom is -0.381 e. The fraction of sp³-hybridized carbons (Fsp3) is 0.708. The lowest BCUT2D eigenvalue weighted by Gasteiger charge is -2.38. The summed E-state index contributed by atoms with van der Waals surface area (Å²) in [6, 6.07) is 5.83. The van der Waals surface area contributed by atoms with Crippen LogP contribution in [0.2, 0.25) is 0 Å². The second kappa shape index (κ2) is 10.8. The zero-order chi connectivity index (χ0) is 22.4. The van der Waals surface area contributed by atoms with Gasteiger partial charge >= 0.3 is 6.18 Å². The summed E-state index contributed by atoms with van der Waals surface area (Å²) >= 11 is 0. The van der Waals surface area contributed by atoms with Crippen LogP contribution in [0.3, 0.4) is 0 Å². The molecule has 2 saturated heterocycles. The molecular formula is C24H35F3N2O2. The molecule has 0 spiro atoms. The highest BCUT2D eigenvalue weighted by atomic mass is 19.4. The Balaban J connectivity index is 1.49. The van der Waals surface area contributed by atoms with Gasteiger partial charge in [0.2, 0.25) is 5.91 Å². The Kier molecular flexibility index (Phi) is 8.39. The molecule has 1 unspecified atom stereocenters. The van der Waals surface area contributed by atoms with E-state index in [1.807, 2.05) is 4.90 Å². The van der Waals surface area contributed by atoms with Gasteiger partial charge in [0.25, 0.3) is 0 Å². The number of carbonyl (C=O) groups is 1. The zero-order valence-electron chi connectivity index (χ0n) is 18.7. The Labute approximate surface area is 183 Å². The van der Waals surface area contributed by atoms with E-state index >= 15 is 0 Å². The minimum absolute atomic E-state index is 0.116. The van der Waals surface area contributed by atoms with Crippen LogP contribution in [0.1, 0.15) is 50.7 Å². The first kappa shape index (κ1) is 24.1. The van der Waals surface area contributed by atoms with Gasteiger partial charge in [-0.05, 0) is 63.1 Å². The SMILES string of the molecule is CCN(CC1CCN(C(=O)C2CCOCC2)CC1)C(C)Cc1cccc(C(F)(F)F)c1. The van der Waals surface area contributed by atoms with E-state index in [4.69, 9.17) is 4.74 Å². The van der Waals surface area contributed by atoms with Gasteiger partial charge in [0.15, 0.2) is 0 Å². The maximum atomic E-state index is 13.0. The van der Waals surface area contributed by atoms with E-state index in [0.29, 0.717) is 25.6 Å². The van der Waals surface area contributed by atoms with Crippen molar-refractivity contribution in [2.75, 3.05) is 39.4 Å². The number of likely N-dealkylation sites (N-methyl/N-ethyl adjacent to an activating group) is 1. The molecule has 1 aromatic rings. The smallest absolute Gasteiger partial charge is 0.381 e. The van der Waals surface area contributed by atoms with Crippen LogP contribution in [0.5, 0.6) is 0 Å². The molecule has 0 saturated carbocycles. The summed E-state index contributed by atoms with van der Waals surface area (Å²) in [5, 5.41) is 0. The van der Waals surface area contributed by atoms with Gasteiger partial charge in [-0.3, -0.25) is 4.79 Å². The molecule has 2 aliphatic rings. The lowest BCUT2D eigenvalue weighted by Crippen LogP contribution is -2.46. The van der Waals surface area contributed by atoms with E-state index in [1.54, 1.807) is 6.07 Å². The molecule has 0 radical (unpaired) electrons. The number of rotatable bonds is 7. The summed E-state index contributed by atoms with van der Waals surface area (Å²) in [4.78, 5) is 17.1. The van der Waals surface area contributed by atoms with Crippen LogP contribution in [-0.2, 0) is 22.1 Å². The molecule has 4 nitrogen and oxygen atoms in total. The maximum Gasteiger partial charge on any atom is 0.416 e. The van der Waals surface area contributed by atoms with Crippen molar-refractivity contribution in [3.63, 3.8) is 0 Å². The van der Waals surface area contributed by atoms with Gasteiger partial charge in [-0.25, -0.2) is 0 Å². The Morgan fingerprint density at radius 2 is 1.87 bits per heavy atom. The number of amides is 1. The molecule has 1 atom stereocenters. The van der Waals surface area contributed by atoms with Crippen LogP contribution >= 0.6 is 0 Å². The normalized spacial score (nSPS) is 20.3. The molecule has 3 rings (SSSR count). The van der Waals surface area contributed by atoms with Crippen molar-refractivity contribution in [3.8, 4) is 0 Å². The van der Waals surface area contributed by atoms with Gasteiger partial charge in [0.1, 0.15) is 0 Å². The maximum absolute atomic E-state index is 13.0. The molecule has 0 aromatic heterocycles. The number of halogens is 3. The summed E-state index contributed by atoms with van der Waals surface area (Å²) in [6.07, 6.45) is -0.0765. The van der Waals surface area contributed by atoms with Crippen molar-refractivity contribution in [1.82, 2.24) is 9.80 Å². The molecule has 2 fully saturated rings. The number of likely N-dealkylation sites (tertiary alicyclic amines) is 1. The molecule has 1 aromatic carbocycles. The Hall–Kier alpha value is -1.60. The van der Waals surface area contributed by atoms with Gasteiger partial charge in [0, 0.05) is 44.8 Å². The van der Waals surface area contributed by atoms with Gasteiger partial charge in [-0.1, -0.05) is 25.1 Å². The monoisotopic (exact) mass is 440 g/mol. The molecule has 2 heterocycles. The molecule has 0 aliphatic carbocycles. The van der Waals surface area contributed by atoms with E-state index in [0.717, 1.165) is 63.5 Å². The third kappa shape index (κ3) is 6.69. The Bertz CT molecular complexity index is 711. The van der Waals surface area contributed by atoms with Crippen LogP contribution in [0.15, 0.2) is 24.3 Å². The summed E-state index contributed by atoms with van der Waals surface area (Å²) in [7, 11) is 0. The summed E-state index contributed by atoms with van der Waals surface area (Å²) in [5.41, 5.74) is 0.138. The van der Waals surface area contributed by atoms with E-state index in [9.17, 15) is 18.0 Å². The molecule has 1 amide bonds. The predicted molar refractivity (Wildman–Crippen MR) is 115 cm³/mol. The Morgan fingerprint density at radius 1 is 1.19 bits per heavy atom. The number of nitrogens with zero attached hydrogens (tertiary/aromatic N) is 2. The van der Waals surface area contributed by atoms with Crippen LogP contribution < -0.4 is 0 Å². The highest BCUT2D eigenvalue weighted by Gasteiger charge is 2.32. The molecule has 0 bridgehead atoms. The first-order valence-electron chi connectivity index (χ1n) is 11.5. The van der Waals surface area contributed by atoms with Crippen molar-refractivity contribution in [1.29, 1.82) is 0 Å². The first-order valence-corrected chi connectivity index (χ1v) is 11.5. The third-order valence-corrected chi connectivity index (χ3v) is 6.80. The van der Waals surface area contributed by atoms with E-state index in [1.165, 1.54) is 12.1 Å². The molecule has 0 N–H and O–H groups in total. The van der Waals surface area contributed by atoms with E-state index < -0.39 is 11.7 Å². The van der Waals surface area contributed by atoms with E-state index in [-0.39, 0.29) is 17.9 Å². The molecule has 174 valence electrons. The van der Waals surface area contributed by atoms with Gasteiger partial charge < -0.3 is 14.5 Å². The lowest BCUT2D eigenvalue weighted by atomic mass is 9.92. The highest BCUT2D eigenvalue weighted by Crippen LogP contribution is 2.30. The molecular weight excluding hydrogens is 405 g/mol.